The number of hydrogen-bond donors (Lipinski definition) is 9. The van der Waals surface area contributed by atoms with E-state index in [-0.39, 0.29) is 59.6 Å². The second-order valence-electron chi connectivity index (χ2n) is 16.0. The average molecular weight is 692 g/mol. The fourth-order valence-corrected chi connectivity index (χ4v) is 12.7. The summed E-state index contributed by atoms with van der Waals surface area (Å²) in [4.78, 5) is 0. The summed E-state index contributed by atoms with van der Waals surface area (Å²) >= 11 is -2.26. The first-order valence-electron chi connectivity index (χ1n) is 18.5. The Morgan fingerprint density at radius 2 is 0.711 bits per heavy atom. The van der Waals surface area contributed by atoms with Crippen molar-refractivity contribution in [2.45, 2.75) is 152 Å². The quantitative estimate of drug-likeness (QED) is 0.196. The number of nitrogens with one attached hydrogen (secondary N) is 8. The molecular weight excluding hydrogens is 635 g/mol. The molecule has 1 radical (unpaired) electrons. The third-order valence-electron chi connectivity index (χ3n) is 14.0. The summed E-state index contributed by atoms with van der Waals surface area (Å²) in [5, 5.41) is 33.0. The zero-order chi connectivity index (χ0) is 29.4. The Kier molecular flexibility index (Phi) is 9.75. The first-order chi connectivity index (χ1) is 21.6. The molecular formula is C32H56CoN8O3S. The fourth-order valence-electron chi connectivity index (χ4n) is 12.2. The van der Waals surface area contributed by atoms with Crippen LogP contribution >= 0.6 is 0 Å². The van der Waals surface area contributed by atoms with E-state index in [0.717, 1.165) is 19.3 Å². The van der Waals surface area contributed by atoms with Gasteiger partial charge in [-0.2, -0.15) is 4.21 Å². The molecule has 9 fully saturated rings. The molecule has 4 saturated carbocycles. The minimum Gasteiger partial charge on any atom is -0.286 e. The monoisotopic (exact) mass is 691 g/mol. The molecule has 8 bridgehead atoms. The van der Waals surface area contributed by atoms with Crippen LogP contribution in [0.15, 0.2) is 0 Å². The summed E-state index contributed by atoms with van der Waals surface area (Å²) < 4.78 is 27.5. The molecule has 11 nitrogen and oxygen atoms in total. The molecule has 9 N–H and O–H groups in total. The van der Waals surface area contributed by atoms with Gasteiger partial charge in [0.15, 0.2) is 0 Å². The molecule has 257 valence electrons. The maximum absolute atomic E-state index is 12.0. The third kappa shape index (κ3) is 5.95. The molecule has 0 amide bonds. The molecule has 0 aromatic heterocycles. The van der Waals surface area contributed by atoms with E-state index in [2.05, 4.69) is 42.5 Å². The Hall–Kier alpha value is 0.256. The van der Waals surface area contributed by atoms with Crippen molar-refractivity contribution in [3.63, 3.8) is 0 Å². The normalized spacial score (nSPS) is 54.6. The standard InChI is InChI=1S/C32H56N8O3S.Co/c41-44(42)43-23-15-7-14-22-24(23)32-39-30-21-13-6-5-12-20(21)28(37-30)35-26-17-9-2-1-8-16(17)25(33-26)34-27-18-10-3-4-11-19(18)29(36-27)38-31(22)40-32;/h16-40H,1-15H2,(H,41,42);. The summed E-state index contributed by atoms with van der Waals surface area (Å²) in [7, 11) is 0. The molecule has 45 heavy (non-hydrogen) atoms. The number of rotatable bonds is 2. The second kappa shape index (κ2) is 13.5. The van der Waals surface area contributed by atoms with Crippen LogP contribution in [0.3, 0.4) is 0 Å². The molecule has 0 spiro atoms. The van der Waals surface area contributed by atoms with Gasteiger partial charge in [0.25, 0.3) is 0 Å². The van der Waals surface area contributed by atoms with Gasteiger partial charge in [-0.15, -0.1) is 0 Å². The van der Waals surface area contributed by atoms with E-state index < -0.39 is 11.4 Å². The van der Waals surface area contributed by atoms with Gasteiger partial charge in [0.1, 0.15) is 0 Å². The molecule has 5 saturated heterocycles. The summed E-state index contributed by atoms with van der Waals surface area (Å²) in [6.45, 7) is 0. The van der Waals surface area contributed by atoms with Gasteiger partial charge in [0.05, 0.1) is 55.4 Å². The van der Waals surface area contributed by atoms with Crippen LogP contribution in [0.5, 0.6) is 0 Å². The average Bonchev–Trinajstić information content (AvgIpc) is 3.77. The van der Waals surface area contributed by atoms with Gasteiger partial charge in [0.2, 0.25) is 0 Å². The predicted molar refractivity (Wildman–Crippen MR) is 168 cm³/mol. The smallest absolute Gasteiger partial charge is 0.286 e. The van der Waals surface area contributed by atoms with Gasteiger partial charge in [-0.3, -0.25) is 51.3 Å². The second-order valence-corrected chi connectivity index (χ2v) is 16.6. The van der Waals surface area contributed by atoms with Gasteiger partial charge < -0.3 is 0 Å². The van der Waals surface area contributed by atoms with Gasteiger partial charge in [0, 0.05) is 22.7 Å². The van der Waals surface area contributed by atoms with Crippen molar-refractivity contribution < 1.29 is 29.7 Å². The van der Waals surface area contributed by atoms with Gasteiger partial charge in [-0.1, -0.05) is 44.9 Å². The van der Waals surface area contributed by atoms with Crippen molar-refractivity contribution in [2.75, 3.05) is 0 Å². The Labute approximate surface area is 281 Å². The van der Waals surface area contributed by atoms with E-state index in [1.807, 2.05) is 0 Å². The van der Waals surface area contributed by atoms with Crippen molar-refractivity contribution in [1.82, 2.24) is 42.5 Å². The molecule has 18 unspecified atom stereocenters. The van der Waals surface area contributed by atoms with Crippen molar-refractivity contribution >= 4 is 11.4 Å². The minimum atomic E-state index is -2.26. The van der Waals surface area contributed by atoms with Crippen LogP contribution in [0, 0.1) is 47.3 Å². The SMILES string of the molecule is O=S(O)OC1CCCC2C3NC4NC(NC5NC(NC6NC(NC(N3)C12)C1CCCCC61)C1CCCCC51)C1CCCCC41.[Co]. The van der Waals surface area contributed by atoms with Crippen LogP contribution < -0.4 is 42.5 Å². The molecule has 5 aliphatic heterocycles. The number of fused-ring (bicyclic) bond motifs is 20. The van der Waals surface area contributed by atoms with Crippen molar-refractivity contribution in [1.29, 1.82) is 0 Å². The first kappa shape index (κ1) is 32.5. The van der Waals surface area contributed by atoms with Gasteiger partial charge in [-0.25, -0.2) is 0 Å². The summed E-state index contributed by atoms with van der Waals surface area (Å²) in [6.07, 6.45) is 20.3. The van der Waals surface area contributed by atoms with Crippen molar-refractivity contribution in [3.05, 3.63) is 0 Å². The van der Waals surface area contributed by atoms with Crippen LogP contribution in [0.1, 0.15) is 96.3 Å². The molecule has 0 aromatic carbocycles. The summed E-state index contributed by atoms with van der Waals surface area (Å²) in [5.41, 5.74) is 0. The Morgan fingerprint density at radius 1 is 0.422 bits per heavy atom. The molecule has 9 rings (SSSR count). The fraction of sp³-hybridized carbons (Fsp3) is 1.00. The minimum absolute atomic E-state index is 0. The maximum atomic E-state index is 12.0. The zero-order valence-electron chi connectivity index (χ0n) is 26.4. The van der Waals surface area contributed by atoms with E-state index in [0.29, 0.717) is 59.9 Å². The van der Waals surface area contributed by atoms with Crippen molar-refractivity contribution in [2.24, 2.45) is 47.3 Å². The maximum Gasteiger partial charge on any atom is 0.302 e. The third-order valence-corrected chi connectivity index (χ3v) is 14.4. The predicted octanol–water partition coefficient (Wildman–Crippen LogP) is 1.73. The number of hydrogen-bond acceptors (Lipinski definition) is 10. The molecule has 4 aliphatic carbocycles. The topological polar surface area (TPSA) is 143 Å². The van der Waals surface area contributed by atoms with E-state index in [9.17, 15) is 8.76 Å². The van der Waals surface area contributed by atoms with Crippen LogP contribution in [0.2, 0.25) is 0 Å². The van der Waals surface area contributed by atoms with Crippen molar-refractivity contribution in [3.8, 4) is 0 Å². The summed E-state index contributed by atoms with van der Waals surface area (Å²) in [5.74, 6) is 4.28. The van der Waals surface area contributed by atoms with E-state index in [1.165, 1.54) is 77.0 Å². The molecule has 0 aromatic rings. The zero-order valence-corrected chi connectivity index (χ0v) is 28.3. The Morgan fingerprint density at radius 3 is 1.04 bits per heavy atom. The van der Waals surface area contributed by atoms with Gasteiger partial charge in [-0.05, 0) is 92.8 Å². The van der Waals surface area contributed by atoms with E-state index in [1.54, 1.807) is 0 Å². The molecule has 5 heterocycles. The largest absolute Gasteiger partial charge is 0.302 e. The Balaban J connectivity index is 0.00000300. The summed E-state index contributed by atoms with van der Waals surface area (Å²) in [6, 6.07) is 0. The van der Waals surface area contributed by atoms with Crippen LogP contribution in [-0.4, -0.2) is 64.2 Å². The molecule has 18 atom stereocenters. The molecule has 9 aliphatic rings. The van der Waals surface area contributed by atoms with Crippen LogP contribution in [-0.2, 0) is 32.3 Å². The van der Waals surface area contributed by atoms with E-state index in [4.69, 9.17) is 4.18 Å². The van der Waals surface area contributed by atoms with Gasteiger partial charge >= 0.3 is 11.4 Å². The molecule has 13 heteroatoms. The van der Waals surface area contributed by atoms with Crippen LogP contribution in [0.25, 0.3) is 0 Å². The van der Waals surface area contributed by atoms with E-state index >= 15 is 0 Å². The Bertz CT molecular complexity index is 1080. The van der Waals surface area contributed by atoms with Crippen LogP contribution in [0.4, 0.5) is 0 Å². The first-order valence-corrected chi connectivity index (χ1v) is 19.5.